The Morgan fingerprint density at radius 2 is 2.12 bits per heavy atom. The van der Waals surface area contributed by atoms with E-state index >= 15 is 0 Å². The molecule has 6 nitrogen and oxygen atoms in total. The van der Waals surface area contributed by atoms with E-state index in [-0.39, 0.29) is 10.6 Å². The van der Waals surface area contributed by atoms with E-state index < -0.39 is 22.0 Å². The van der Waals surface area contributed by atoms with Crippen molar-refractivity contribution in [3.63, 3.8) is 0 Å². The highest BCUT2D eigenvalue weighted by molar-refractivity contribution is 7.92. The number of carbonyl (C=O) groups excluding carboxylic acids is 1. The van der Waals surface area contributed by atoms with Crippen LogP contribution in [-0.4, -0.2) is 25.9 Å². The number of carbonyl (C=O) groups is 1. The lowest BCUT2D eigenvalue weighted by molar-refractivity contribution is -0.122. The van der Waals surface area contributed by atoms with Gasteiger partial charge in [-0.1, -0.05) is 24.3 Å². The first-order chi connectivity index (χ1) is 11.4. The Morgan fingerprint density at radius 1 is 1.38 bits per heavy atom. The number of aromatic nitrogens is 1. The first-order valence-corrected chi connectivity index (χ1v) is 9.86. The third-order valence-electron chi connectivity index (χ3n) is 3.82. The molecule has 24 heavy (non-hydrogen) atoms. The fourth-order valence-corrected chi connectivity index (χ4v) is 5.29. The van der Waals surface area contributed by atoms with Crippen LogP contribution in [0.1, 0.15) is 34.4 Å². The number of nitrogens with one attached hydrogen (secondary N) is 1. The van der Waals surface area contributed by atoms with Crippen LogP contribution >= 0.6 is 11.3 Å². The van der Waals surface area contributed by atoms with Crippen LogP contribution in [-0.2, 0) is 26.0 Å². The number of aryl methyl sites for hydroxylation is 2. The second-order valence-electron chi connectivity index (χ2n) is 5.65. The normalized spacial score (nSPS) is 17.3. The summed E-state index contributed by atoms with van der Waals surface area (Å²) in [7, 11) is -3.90. The smallest absolute Gasteiger partial charge is 0.275 e. The van der Waals surface area contributed by atoms with Crippen molar-refractivity contribution in [3.8, 4) is 0 Å². The second-order valence-corrected chi connectivity index (χ2v) is 8.73. The Bertz CT molecular complexity index is 874. The van der Waals surface area contributed by atoms with Gasteiger partial charge >= 0.3 is 0 Å². The molecule has 1 aromatic carbocycles. The predicted molar refractivity (Wildman–Crippen MR) is 90.4 cm³/mol. The molecule has 3 rings (SSSR count). The highest BCUT2D eigenvalue weighted by atomic mass is 32.2. The molecule has 0 unspecified atom stereocenters. The summed E-state index contributed by atoms with van der Waals surface area (Å²) in [6, 6.07) is 7.75. The highest BCUT2D eigenvalue weighted by Gasteiger charge is 2.27. The third kappa shape index (κ3) is 3.50. The standard InChI is InChI=1S/C16H18N2O4S2/c1-10-16(23-11(2)17-10)24(20,21)18-15(19)9-14-13-6-4-3-5-12(13)7-8-22-14/h3-6,14H,7-9H2,1-2H3,(H,18,19)/t14-/m0/s1. The first-order valence-electron chi connectivity index (χ1n) is 7.56. The molecular weight excluding hydrogens is 348 g/mol. The molecule has 0 bridgehead atoms. The molecular formula is C16H18N2O4S2. The number of hydrogen-bond acceptors (Lipinski definition) is 6. The largest absolute Gasteiger partial charge is 0.373 e. The van der Waals surface area contributed by atoms with E-state index in [1.54, 1.807) is 13.8 Å². The van der Waals surface area contributed by atoms with Gasteiger partial charge in [-0.25, -0.2) is 18.1 Å². The van der Waals surface area contributed by atoms with Crippen LogP contribution in [0.2, 0.25) is 0 Å². The van der Waals surface area contributed by atoms with Crippen molar-refractivity contribution in [2.75, 3.05) is 6.61 Å². The quantitative estimate of drug-likeness (QED) is 0.897. The monoisotopic (exact) mass is 366 g/mol. The molecule has 1 aromatic heterocycles. The molecule has 1 aliphatic heterocycles. The molecule has 1 amide bonds. The zero-order valence-electron chi connectivity index (χ0n) is 13.4. The van der Waals surface area contributed by atoms with Gasteiger partial charge in [0, 0.05) is 0 Å². The fraction of sp³-hybridized carbons (Fsp3) is 0.375. The Balaban J connectivity index is 1.74. The van der Waals surface area contributed by atoms with E-state index in [1.165, 1.54) is 0 Å². The van der Waals surface area contributed by atoms with Gasteiger partial charge in [-0.3, -0.25) is 4.79 Å². The van der Waals surface area contributed by atoms with Crippen molar-refractivity contribution in [1.29, 1.82) is 0 Å². The highest BCUT2D eigenvalue weighted by Crippen LogP contribution is 2.30. The number of ether oxygens (including phenoxy) is 1. The van der Waals surface area contributed by atoms with Crippen LogP contribution in [0.3, 0.4) is 0 Å². The molecule has 0 spiro atoms. The van der Waals surface area contributed by atoms with E-state index in [0.29, 0.717) is 17.3 Å². The molecule has 1 N–H and O–H groups in total. The molecule has 0 saturated carbocycles. The molecule has 0 saturated heterocycles. The molecule has 2 aromatic rings. The number of amides is 1. The van der Waals surface area contributed by atoms with Crippen molar-refractivity contribution in [2.45, 2.75) is 37.0 Å². The zero-order chi connectivity index (χ0) is 17.3. The Hall–Kier alpha value is -1.77. The summed E-state index contributed by atoms with van der Waals surface area (Å²) < 4.78 is 32.6. The maximum Gasteiger partial charge on any atom is 0.275 e. The van der Waals surface area contributed by atoms with Crippen LogP contribution in [0.25, 0.3) is 0 Å². The lowest BCUT2D eigenvalue weighted by Gasteiger charge is -2.25. The van der Waals surface area contributed by atoms with Crippen molar-refractivity contribution < 1.29 is 17.9 Å². The topological polar surface area (TPSA) is 85.4 Å². The average molecular weight is 366 g/mol. The van der Waals surface area contributed by atoms with Gasteiger partial charge in [0.15, 0.2) is 4.21 Å². The Labute approximate surface area is 144 Å². The zero-order valence-corrected chi connectivity index (χ0v) is 15.0. The van der Waals surface area contributed by atoms with Gasteiger partial charge < -0.3 is 4.74 Å². The summed E-state index contributed by atoms with van der Waals surface area (Å²) >= 11 is 1.05. The number of hydrogen-bond donors (Lipinski definition) is 1. The van der Waals surface area contributed by atoms with Gasteiger partial charge in [0.25, 0.3) is 10.0 Å². The Kier molecular flexibility index (Phi) is 4.71. The minimum absolute atomic E-state index is 0.0346. The summed E-state index contributed by atoms with van der Waals surface area (Å²) in [6.07, 6.45) is 0.341. The number of sulfonamides is 1. The summed E-state index contributed by atoms with van der Waals surface area (Å²) in [5.41, 5.74) is 2.48. The minimum atomic E-state index is -3.90. The number of thiazole rings is 1. The van der Waals surface area contributed by atoms with Crippen LogP contribution in [0.4, 0.5) is 0 Å². The minimum Gasteiger partial charge on any atom is -0.373 e. The van der Waals surface area contributed by atoms with Gasteiger partial charge in [-0.15, -0.1) is 11.3 Å². The molecule has 0 aliphatic carbocycles. The first kappa shape index (κ1) is 17.1. The molecule has 8 heteroatoms. The summed E-state index contributed by atoms with van der Waals surface area (Å²) in [6.45, 7) is 3.86. The summed E-state index contributed by atoms with van der Waals surface area (Å²) in [4.78, 5) is 16.3. The lowest BCUT2D eigenvalue weighted by Crippen LogP contribution is -2.32. The molecule has 1 atom stereocenters. The van der Waals surface area contributed by atoms with E-state index in [1.807, 2.05) is 24.3 Å². The van der Waals surface area contributed by atoms with Crippen LogP contribution in [0.15, 0.2) is 28.5 Å². The summed E-state index contributed by atoms with van der Waals surface area (Å²) in [5.74, 6) is -0.581. The second kappa shape index (κ2) is 6.62. The van der Waals surface area contributed by atoms with Gasteiger partial charge in [0.2, 0.25) is 5.91 Å². The molecule has 0 radical (unpaired) electrons. The van der Waals surface area contributed by atoms with E-state index in [2.05, 4.69) is 9.71 Å². The van der Waals surface area contributed by atoms with Crippen molar-refractivity contribution in [3.05, 3.63) is 46.1 Å². The van der Waals surface area contributed by atoms with Gasteiger partial charge in [-0.05, 0) is 31.4 Å². The third-order valence-corrected chi connectivity index (χ3v) is 6.87. The van der Waals surface area contributed by atoms with Gasteiger partial charge in [-0.2, -0.15) is 0 Å². The number of nitrogens with zero attached hydrogens (tertiary/aromatic N) is 1. The molecule has 2 heterocycles. The van der Waals surface area contributed by atoms with Gasteiger partial charge in [0.1, 0.15) is 0 Å². The van der Waals surface area contributed by atoms with E-state index in [4.69, 9.17) is 4.74 Å². The molecule has 128 valence electrons. The van der Waals surface area contributed by atoms with Crippen molar-refractivity contribution in [1.82, 2.24) is 9.71 Å². The number of rotatable bonds is 4. The average Bonchev–Trinajstić information content (AvgIpc) is 2.86. The maximum atomic E-state index is 12.4. The van der Waals surface area contributed by atoms with E-state index in [0.717, 1.165) is 28.9 Å². The maximum absolute atomic E-state index is 12.4. The summed E-state index contributed by atoms with van der Waals surface area (Å²) in [5, 5.41) is 0.643. The number of benzene rings is 1. The van der Waals surface area contributed by atoms with E-state index in [9.17, 15) is 13.2 Å². The lowest BCUT2D eigenvalue weighted by atomic mass is 9.96. The van der Waals surface area contributed by atoms with Crippen LogP contribution in [0.5, 0.6) is 0 Å². The van der Waals surface area contributed by atoms with Crippen LogP contribution in [0, 0.1) is 13.8 Å². The van der Waals surface area contributed by atoms with Gasteiger partial charge in [0.05, 0.1) is 29.8 Å². The SMILES string of the molecule is Cc1nc(C)c(S(=O)(=O)NC(=O)C[C@@H]2OCCc3ccccc32)s1. The van der Waals surface area contributed by atoms with Crippen molar-refractivity contribution >= 4 is 27.3 Å². The predicted octanol–water partition coefficient (Wildman–Crippen LogP) is 2.27. The van der Waals surface area contributed by atoms with Crippen LogP contribution < -0.4 is 4.72 Å². The molecule has 0 fully saturated rings. The Morgan fingerprint density at radius 3 is 2.83 bits per heavy atom. The number of fused-ring (bicyclic) bond motifs is 1. The van der Waals surface area contributed by atoms with Crippen molar-refractivity contribution in [2.24, 2.45) is 0 Å². The fourth-order valence-electron chi connectivity index (χ4n) is 2.81. The molecule has 1 aliphatic rings.